The zero-order chi connectivity index (χ0) is 19.6. The second-order valence-electron chi connectivity index (χ2n) is 5.12. The fourth-order valence-electron chi connectivity index (χ4n) is 1.95. The first kappa shape index (κ1) is 21.0. The highest BCUT2D eigenvalue weighted by Gasteiger charge is 2.54. The predicted molar refractivity (Wildman–Crippen MR) is 72.9 cm³/mol. The molecule has 0 fully saturated rings. The number of carboxylic acids is 2. The first-order valence-electron chi connectivity index (χ1n) is 6.59. The van der Waals surface area contributed by atoms with E-state index in [4.69, 9.17) is 10.2 Å². The van der Waals surface area contributed by atoms with Gasteiger partial charge in [-0.25, -0.2) is 13.2 Å². The van der Waals surface area contributed by atoms with E-state index in [0.29, 0.717) is 0 Å². The quantitative estimate of drug-likeness (QED) is 0.358. The van der Waals surface area contributed by atoms with Gasteiger partial charge in [0.2, 0.25) is 0 Å². The van der Waals surface area contributed by atoms with Gasteiger partial charge in [-0.15, -0.1) is 0 Å². The van der Waals surface area contributed by atoms with E-state index in [-0.39, 0.29) is 12.1 Å². The first-order chi connectivity index (χ1) is 11.3. The summed E-state index contributed by atoms with van der Waals surface area (Å²) in [5, 5.41) is 17.3. The molecule has 0 bridgehead atoms. The van der Waals surface area contributed by atoms with Crippen LogP contribution in [0.15, 0.2) is 12.1 Å². The fourth-order valence-corrected chi connectivity index (χ4v) is 3.66. The predicted octanol–water partition coefficient (Wildman–Crippen LogP) is 2.99. The minimum absolute atomic E-state index is 0.0731. The largest absolute Gasteiger partial charge is 0.481 e. The maximum Gasteiger partial charge on any atom is 0.349 e. The van der Waals surface area contributed by atoms with Crippen LogP contribution in [0.5, 0.6) is 0 Å². The third-order valence-corrected chi connectivity index (χ3v) is 5.38. The SMILES string of the molecule is O=C(O)CCC(CP(=O)(O)C(F)(F)c1ccc(F)c(F)c1F)C(=O)O. The van der Waals surface area contributed by atoms with Gasteiger partial charge in [-0.1, -0.05) is 0 Å². The van der Waals surface area contributed by atoms with Crippen LogP contribution in [0.2, 0.25) is 0 Å². The topological polar surface area (TPSA) is 112 Å². The molecule has 0 saturated heterocycles. The van der Waals surface area contributed by atoms with Crippen molar-refractivity contribution in [3.8, 4) is 0 Å². The number of rotatable bonds is 8. The molecule has 0 aliphatic rings. The molecule has 0 heterocycles. The summed E-state index contributed by atoms with van der Waals surface area (Å²) in [6.45, 7) is 0. The van der Waals surface area contributed by atoms with Gasteiger partial charge in [-0.2, -0.15) is 8.78 Å². The lowest BCUT2D eigenvalue weighted by atomic mass is 10.1. The molecule has 12 heteroatoms. The Morgan fingerprint density at radius 3 is 2.16 bits per heavy atom. The molecule has 25 heavy (non-hydrogen) atoms. The highest BCUT2D eigenvalue weighted by atomic mass is 31.2. The van der Waals surface area contributed by atoms with Crippen molar-refractivity contribution in [1.29, 1.82) is 0 Å². The number of hydrogen-bond acceptors (Lipinski definition) is 3. The normalized spacial score (nSPS) is 15.4. The number of alkyl halides is 2. The molecule has 6 nitrogen and oxygen atoms in total. The summed E-state index contributed by atoms with van der Waals surface area (Å²) in [5.41, 5.74) is -6.82. The zero-order valence-electron chi connectivity index (χ0n) is 12.3. The second-order valence-corrected chi connectivity index (χ2v) is 7.45. The van der Waals surface area contributed by atoms with E-state index in [1.807, 2.05) is 0 Å². The smallest absolute Gasteiger partial charge is 0.349 e. The third-order valence-electron chi connectivity index (χ3n) is 3.32. The molecule has 1 aromatic rings. The van der Waals surface area contributed by atoms with Gasteiger partial charge in [0.15, 0.2) is 17.5 Å². The molecule has 0 aromatic heterocycles. The maximum absolute atomic E-state index is 14.2. The lowest BCUT2D eigenvalue weighted by molar-refractivity contribution is -0.142. The first-order valence-corrected chi connectivity index (χ1v) is 8.44. The van der Waals surface area contributed by atoms with Gasteiger partial charge >= 0.3 is 17.6 Å². The van der Waals surface area contributed by atoms with Gasteiger partial charge in [0.05, 0.1) is 11.5 Å². The Morgan fingerprint density at radius 2 is 1.68 bits per heavy atom. The Balaban J connectivity index is 3.21. The Morgan fingerprint density at radius 1 is 1.12 bits per heavy atom. The van der Waals surface area contributed by atoms with Crippen molar-refractivity contribution in [1.82, 2.24) is 0 Å². The standard InChI is InChI=1S/C13H12F5O6P/c14-8-3-2-7(10(15)11(8)16)13(17,18)25(23,24)5-6(12(21)22)1-4-9(19)20/h2-3,6H,1,4-5H2,(H,19,20)(H,21,22)(H,23,24). The van der Waals surface area contributed by atoms with Crippen molar-refractivity contribution in [3.63, 3.8) is 0 Å². The Labute approximate surface area is 137 Å². The van der Waals surface area contributed by atoms with Crippen LogP contribution >= 0.6 is 7.37 Å². The molecule has 0 amide bonds. The Bertz CT molecular complexity index is 738. The molecular formula is C13H12F5O6P. The summed E-state index contributed by atoms with van der Waals surface area (Å²) in [6, 6.07) is 0.199. The van der Waals surface area contributed by atoms with Crippen LogP contribution in [0, 0.1) is 23.4 Å². The minimum Gasteiger partial charge on any atom is -0.481 e. The number of carbonyl (C=O) groups is 2. The van der Waals surface area contributed by atoms with Gasteiger partial charge in [-0.3, -0.25) is 14.2 Å². The van der Waals surface area contributed by atoms with E-state index in [0.717, 1.165) is 0 Å². The van der Waals surface area contributed by atoms with Crippen molar-refractivity contribution in [2.45, 2.75) is 18.5 Å². The highest BCUT2D eigenvalue weighted by Crippen LogP contribution is 2.63. The molecule has 2 unspecified atom stereocenters. The van der Waals surface area contributed by atoms with Crippen LogP contribution in [0.1, 0.15) is 18.4 Å². The Kier molecular flexibility index (Phi) is 6.30. The number of benzene rings is 1. The van der Waals surface area contributed by atoms with E-state index < -0.39 is 72.9 Å². The molecule has 1 rings (SSSR count). The van der Waals surface area contributed by atoms with Crippen molar-refractivity contribution in [3.05, 3.63) is 35.1 Å². The van der Waals surface area contributed by atoms with Crippen LogP contribution < -0.4 is 0 Å². The lowest BCUT2D eigenvalue weighted by Crippen LogP contribution is -2.26. The van der Waals surface area contributed by atoms with Gasteiger partial charge in [0.1, 0.15) is 0 Å². The van der Waals surface area contributed by atoms with Gasteiger partial charge in [0, 0.05) is 12.6 Å². The van der Waals surface area contributed by atoms with Crippen LogP contribution in [-0.4, -0.2) is 33.2 Å². The average molecular weight is 390 g/mol. The number of carboxylic acid groups (broad SMARTS) is 2. The molecule has 1 aromatic carbocycles. The average Bonchev–Trinajstić information content (AvgIpc) is 2.48. The zero-order valence-corrected chi connectivity index (χ0v) is 13.2. The summed E-state index contributed by atoms with van der Waals surface area (Å²) in [7, 11) is -5.79. The summed E-state index contributed by atoms with van der Waals surface area (Å²) in [6.07, 6.45) is -3.09. The molecule has 0 spiro atoms. The van der Waals surface area contributed by atoms with E-state index >= 15 is 0 Å². The van der Waals surface area contributed by atoms with Crippen LogP contribution in [0.4, 0.5) is 22.0 Å². The van der Waals surface area contributed by atoms with E-state index in [2.05, 4.69) is 0 Å². The summed E-state index contributed by atoms with van der Waals surface area (Å²) in [4.78, 5) is 31.0. The second kappa shape index (κ2) is 7.49. The van der Waals surface area contributed by atoms with Gasteiger partial charge in [-0.05, 0) is 18.6 Å². The monoisotopic (exact) mass is 390 g/mol. The van der Waals surface area contributed by atoms with Crippen molar-refractivity contribution >= 4 is 19.3 Å². The molecule has 0 radical (unpaired) electrons. The molecule has 0 saturated carbocycles. The van der Waals surface area contributed by atoms with E-state index in [1.54, 1.807) is 0 Å². The third kappa shape index (κ3) is 4.55. The van der Waals surface area contributed by atoms with Crippen LogP contribution in [-0.2, 0) is 19.8 Å². The Hall–Kier alpha value is -2.00. The van der Waals surface area contributed by atoms with Crippen molar-refractivity contribution in [2.75, 3.05) is 6.16 Å². The minimum atomic E-state index is -5.79. The number of hydrogen-bond donors (Lipinski definition) is 3. The molecular weight excluding hydrogens is 378 g/mol. The van der Waals surface area contributed by atoms with Crippen molar-refractivity contribution < 1.29 is 51.2 Å². The van der Waals surface area contributed by atoms with Crippen molar-refractivity contribution in [2.24, 2.45) is 5.92 Å². The molecule has 140 valence electrons. The molecule has 0 aliphatic carbocycles. The highest BCUT2D eigenvalue weighted by molar-refractivity contribution is 7.58. The summed E-state index contributed by atoms with van der Waals surface area (Å²) < 4.78 is 79.7. The van der Waals surface area contributed by atoms with E-state index in [9.17, 15) is 41.0 Å². The van der Waals surface area contributed by atoms with Crippen LogP contribution in [0.3, 0.4) is 0 Å². The molecule has 3 N–H and O–H groups in total. The van der Waals surface area contributed by atoms with Crippen LogP contribution in [0.25, 0.3) is 0 Å². The van der Waals surface area contributed by atoms with Gasteiger partial charge < -0.3 is 15.1 Å². The number of halogens is 5. The maximum atomic E-state index is 14.2. The molecule has 0 aliphatic heterocycles. The summed E-state index contributed by atoms with van der Waals surface area (Å²) in [5.74, 6) is -11.7. The van der Waals surface area contributed by atoms with E-state index in [1.165, 1.54) is 0 Å². The fraction of sp³-hybridized carbons (Fsp3) is 0.385. The summed E-state index contributed by atoms with van der Waals surface area (Å²) >= 11 is 0. The lowest BCUT2D eigenvalue weighted by Gasteiger charge is -2.25. The van der Waals surface area contributed by atoms with Gasteiger partial charge in [0.25, 0.3) is 7.37 Å². The molecule has 2 atom stereocenters. The number of aliphatic carboxylic acids is 2.